The van der Waals surface area contributed by atoms with Crippen LogP contribution in [0.3, 0.4) is 0 Å². The fraction of sp³-hybridized carbons (Fsp3) is 0.833. The van der Waals surface area contributed by atoms with E-state index in [4.69, 9.17) is 9.47 Å². The van der Waals surface area contributed by atoms with Crippen molar-refractivity contribution >= 4 is 0 Å². The van der Waals surface area contributed by atoms with E-state index in [2.05, 4.69) is 27.7 Å². The van der Waals surface area contributed by atoms with E-state index in [-0.39, 0.29) is 11.2 Å². The summed E-state index contributed by atoms with van der Waals surface area (Å²) in [6.07, 6.45) is 2.05. The molecule has 2 heteroatoms. The summed E-state index contributed by atoms with van der Waals surface area (Å²) in [5.41, 5.74) is 2.95. The van der Waals surface area contributed by atoms with Crippen LogP contribution in [0, 0.1) is 0 Å². The quantitative estimate of drug-likeness (QED) is 0.555. The number of ether oxygens (including phenoxy) is 2. The summed E-state index contributed by atoms with van der Waals surface area (Å²) < 4.78 is 11.6. The van der Waals surface area contributed by atoms with Crippen LogP contribution in [0.5, 0.6) is 0 Å². The Morgan fingerprint density at radius 3 is 1.50 bits per heavy atom. The average molecular weight is 196 g/mol. The molecule has 2 rings (SSSR count). The fourth-order valence-corrected chi connectivity index (χ4v) is 2.25. The molecule has 0 N–H and O–H groups in total. The highest BCUT2D eigenvalue weighted by Crippen LogP contribution is 2.37. The summed E-state index contributed by atoms with van der Waals surface area (Å²) in [6, 6.07) is 0. The molecular weight excluding hydrogens is 176 g/mol. The molecule has 0 unspecified atom stereocenters. The summed E-state index contributed by atoms with van der Waals surface area (Å²) in [7, 11) is 0. The van der Waals surface area contributed by atoms with Crippen molar-refractivity contribution in [1.29, 1.82) is 0 Å². The molecule has 2 heterocycles. The maximum Gasteiger partial charge on any atom is 0.0688 e. The van der Waals surface area contributed by atoms with Crippen LogP contribution in [0.1, 0.15) is 40.5 Å². The molecule has 0 atom stereocenters. The standard InChI is InChI=1S/C12H20O2/c1-11(2)5-9-8-14-12(3,4)6-10(9)7-13-11/h5-8H2,1-4H3. The summed E-state index contributed by atoms with van der Waals surface area (Å²) in [5.74, 6) is 0. The normalized spacial score (nSPS) is 30.0. The van der Waals surface area contributed by atoms with Crippen molar-refractivity contribution in [3.05, 3.63) is 11.1 Å². The third-order valence-corrected chi connectivity index (χ3v) is 3.05. The lowest BCUT2D eigenvalue weighted by molar-refractivity contribution is -0.0605. The maximum atomic E-state index is 5.81. The number of rotatable bonds is 0. The molecule has 80 valence electrons. The van der Waals surface area contributed by atoms with Crippen molar-refractivity contribution in [2.24, 2.45) is 0 Å². The minimum Gasteiger partial charge on any atom is -0.371 e. The molecule has 0 amide bonds. The Bertz CT molecular complexity index is 246. The zero-order valence-electron chi connectivity index (χ0n) is 9.64. The molecule has 0 radical (unpaired) electrons. The van der Waals surface area contributed by atoms with Crippen LogP contribution < -0.4 is 0 Å². The molecule has 2 aliphatic rings. The van der Waals surface area contributed by atoms with Gasteiger partial charge in [0.25, 0.3) is 0 Å². The van der Waals surface area contributed by atoms with Gasteiger partial charge in [0.1, 0.15) is 0 Å². The topological polar surface area (TPSA) is 18.5 Å². The van der Waals surface area contributed by atoms with Gasteiger partial charge in [0, 0.05) is 0 Å². The maximum absolute atomic E-state index is 5.81. The molecule has 0 aromatic heterocycles. The Morgan fingerprint density at radius 2 is 1.14 bits per heavy atom. The van der Waals surface area contributed by atoms with Gasteiger partial charge in [-0.05, 0) is 51.7 Å². The van der Waals surface area contributed by atoms with E-state index in [1.807, 2.05) is 0 Å². The first-order chi connectivity index (χ1) is 6.38. The van der Waals surface area contributed by atoms with Gasteiger partial charge >= 0.3 is 0 Å². The third kappa shape index (κ3) is 2.01. The SMILES string of the molecule is CC1(C)CC2=C(CO1)CC(C)(C)OC2. The highest BCUT2D eigenvalue weighted by atomic mass is 16.5. The van der Waals surface area contributed by atoms with E-state index >= 15 is 0 Å². The van der Waals surface area contributed by atoms with Crippen molar-refractivity contribution in [2.75, 3.05) is 13.2 Å². The zero-order valence-corrected chi connectivity index (χ0v) is 9.64. The Balaban J connectivity index is 2.17. The lowest BCUT2D eigenvalue weighted by Gasteiger charge is -2.40. The highest BCUT2D eigenvalue weighted by molar-refractivity contribution is 5.24. The second kappa shape index (κ2) is 3.07. The van der Waals surface area contributed by atoms with Crippen molar-refractivity contribution in [3.63, 3.8) is 0 Å². The number of hydrogen-bond acceptors (Lipinski definition) is 2. The van der Waals surface area contributed by atoms with Gasteiger partial charge in [0.15, 0.2) is 0 Å². The van der Waals surface area contributed by atoms with Crippen molar-refractivity contribution in [3.8, 4) is 0 Å². The van der Waals surface area contributed by atoms with Gasteiger partial charge in [0.05, 0.1) is 24.4 Å². The smallest absolute Gasteiger partial charge is 0.0688 e. The largest absolute Gasteiger partial charge is 0.371 e. The van der Waals surface area contributed by atoms with Crippen molar-refractivity contribution < 1.29 is 9.47 Å². The summed E-state index contributed by atoms with van der Waals surface area (Å²) >= 11 is 0. The molecule has 0 saturated carbocycles. The molecular formula is C12H20O2. The summed E-state index contributed by atoms with van der Waals surface area (Å²) in [6.45, 7) is 10.2. The van der Waals surface area contributed by atoms with Gasteiger partial charge in [-0.1, -0.05) is 0 Å². The predicted molar refractivity (Wildman–Crippen MR) is 56.3 cm³/mol. The van der Waals surface area contributed by atoms with Gasteiger partial charge in [-0.3, -0.25) is 0 Å². The molecule has 0 saturated heterocycles. The second-order valence-corrected chi connectivity index (χ2v) is 5.66. The van der Waals surface area contributed by atoms with Gasteiger partial charge in [-0.15, -0.1) is 0 Å². The van der Waals surface area contributed by atoms with E-state index in [0.29, 0.717) is 0 Å². The molecule has 0 aliphatic carbocycles. The van der Waals surface area contributed by atoms with E-state index in [1.165, 1.54) is 11.1 Å². The van der Waals surface area contributed by atoms with Crippen molar-refractivity contribution in [2.45, 2.75) is 51.7 Å². The Hall–Kier alpha value is -0.340. The first-order valence-electron chi connectivity index (χ1n) is 5.36. The second-order valence-electron chi connectivity index (χ2n) is 5.66. The van der Waals surface area contributed by atoms with Crippen LogP contribution >= 0.6 is 0 Å². The van der Waals surface area contributed by atoms with E-state index in [9.17, 15) is 0 Å². The predicted octanol–water partition coefficient (Wildman–Crippen LogP) is 2.68. The van der Waals surface area contributed by atoms with Crippen LogP contribution in [0.2, 0.25) is 0 Å². The highest BCUT2D eigenvalue weighted by Gasteiger charge is 2.34. The Labute approximate surface area is 86.3 Å². The average Bonchev–Trinajstić information content (AvgIpc) is 2.04. The van der Waals surface area contributed by atoms with Crippen LogP contribution in [-0.2, 0) is 9.47 Å². The fourth-order valence-electron chi connectivity index (χ4n) is 2.25. The lowest BCUT2D eigenvalue weighted by Crippen LogP contribution is -2.39. The molecule has 0 aromatic carbocycles. The lowest BCUT2D eigenvalue weighted by atomic mass is 9.85. The molecule has 14 heavy (non-hydrogen) atoms. The van der Waals surface area contributed by atoms with Crippen LogP contribution in [0.4, 0.5) is 0 Å². The van der Waals surface area contributed by atoms with E-state index in [0.717, 1.165) is 26.1 Å². The molecule has 2 aliphatic heterocycles. The van der Waals surface area contributed by atoms with Crippen LogP contribution in [0.25, 0.3) is 0 Å². The molecule has 2 nitrogen and oxygen atoms in total. The monoisotopic (exact) mass is 196 g/mol. The Kier molecular flexibility index (Phi) is 2.24. The van der Waals surface area contributed by atoms with Gasteiger partial charge in [-0.2, -0.15) is 0 Å². The van der Waals surface area contributed by atoms with Crippen LogP contribution in [0.15, 0.2) is 11.1 Å². The summed E-state index contributed by atoms with van der Waals surface area (Å²) in [4.78, 5) is 0. The zero-order chi connectivity index (χ0) is 10.4. The number of hydrogen-bond donors (Lipinski definition) is 0. The van der Waals surface area contributed by atoms with E-state index in [1.54, 1.807) is 0 Å². The minimum absolute atomic E-state index is 0.00365. The molecule has 0 spiro atoms. The first kappa shape index (κ1) is 10.2. The van der Waals surface area contributed by atoms with Crippen molar-refractivity contribution in [1.82, 2.24) is 0 Å². The van der Waals surface area contributed by atoms with Gasteiger partial charge in [0.2, 0.25) is 0 Å². The summed E-state index contributed by atoms with van der Waals surface area (Å²) in [5, 5.41) is 0. The van der Waals surface area contributed by atoms with Crippen LogP contribution in [-0.4, -0.2) is 24.4 Å². The molecule has 0 bridgehead atoms. The van der Waals surface area contributed by atoms with Gasteiger partial charge in [-0.25, -0.2) is 0 Å². The molecule has 0 fully saturated rings. The Morgan fingerprint density at radius 1 is 0.786 bits per heavy atom. The van der Waals surface area contributed by atoms with E-state index < -0.39 is 0 Å². The molecule has 0 aromatic rings. The third-order valence-electron chi connectivity index (χ3n) is 3.05. The minimum atomic E-state index is 0.00365. The first-order valence-corrected chi connectivity index (χ1v) is 5.36. The van der Waals surface area contributed by atoms with Gasteiger partial charge < -0.3 is 9.47 Å².